The number of nitrogens with zero attached hydrogens (tertiary/aromatic N) is 1. The van der Waals surface area contributed by atoms with Gasteiger partial charge in [0, 0.05) is 36.6 Å². The van der Waals surface area contributed by atoms with Gasteiger partial charge in [-0.1, -0.05) is 48.5 Å². The normalized spacial score (nSPS) is 14.0. The number of thiophene rings is 1. The molecule has 33 heavy (non-hydrogen) atoms. The van der Waals surface area contributed by atoms with Crippen LogP contribution in [0.1, 0.15) is 31.9 Å². The highest BCUT2D eigenvalue weighted by molar-refractivity contribution is 7.91. The Kier molecular flexibility index (Phi) is 7.14. The third-order valence-corrected chi connectivity index (χ3v) is 8.77. The van der Waals surface area contributed by atoms with E-state index in [1.54, 1.807) is 7.11 Å². The molecule has 0 spiro atoms. The van der Waals surface area contributed by atoms with Crippen molar-refractivity contribution >= 4 is 27.3 Å². The number of methoxy groups -OCH3 is 2. The number of hydrogen-bond donors (Lipinski definition) is 1. The highest BCUT2D eigenvalue weighted by atomic mass is 32.2. The minimum atomic E-state index is -3.90. The average Bonchev–Trinajstić information content (AvgIpc) is 3.23. The van der Waals surface area contributed by atoms with Gasteiger partial charge in [-0.25, -0.2) is 17.9 Å². The van der Waals surface area contributed by atoms with Gasteiger partial charge < -0.3 is 9.47 Å². The SMILES string of the molecule is COC(=O)c1c(S(=O)(=O)NCc2ccccc2)sc2c1CCN(Cc1ccccc1OC)C2. The molecule has 174 valence electrons. The van der Waals surface area contributed by atoms with Crippen LogP contribution in [-0.4, -0.2) is 40.1 Å². The predicted octanol–water partition coefficient (Wildman–Crippen LogP) is 3.58. The molecule has 1 N–H and O–H groups in total. The lowest BCUT2D eigenvalue weighted by Crippen LogP contribution is -2.30. The summed E-state index contributed by atoms with van der Waals surface area (Å²) in [6.07, 6.45) is 0.569. The van der Waals surface area contributed by atoms with Gasteiger partial charge in [-0.05, 0) is 23.6 Å². The van der Waals surface area contributed by atoms with Gasteiger partial charge in [-0.3, -0.25) is 4.90 Å². The smallest absolute Gasteiger partial charge is 0.340 e. The monoisotopic (exact) mass is 486 g/mol. The first kappa shape index (κ1) is 23.4. The van der Waals surface area contributed by atoms with Crippen molar-refractivity contribution in [2.45, 2.75) is 30.3 Å². The van der Waals surface area contributed by atoms with Crippen molar-refractivity contribution < 1.29 is 22.7 Å². The number of fused-ring (bicyclic) bond motifs is 1. The van der Waals surface area contributed by atoms with Crippen molar-refractivity contribution in [1.29, 1.82) is 0 Å². The summed E-state index contributed by atoms with van der Waals surface area (Å²) in [6, 6.07) is 17.1. The fraction of sp³-hybridized carbons (Fsp3) is 0.292. The summed E-state index contributed by atoms with van der Waals surface area (Å²) >= 11 is 1.15. The predicted molar refractivity (Wildman–Crippen MR) is 127 cm³/mol. The van der Waals surface area contributed by atoms with Gasteiger partial charge >= 0.3 is 5.97 Å². The molecular weight excluding hydrogens is 460 g/mol. The topological polar surface area (TPSA) is 84.9 Å². The number of rotatable bonds is 8. The number of ether oxygens (including phenoxy) is 2. The zero-order valence-corrected chi connectivity index (χ0v) is 20.2. The molecule has 0 amide bonds. The molecule has 4 rings (SSSR count). The lowest BCUT2D eigenvalue weighted by molar-refractivity contribution is 0.0595. The molecule has 0 aliphatic carbocycles. The molecule has 0 atom stereocenters. The van der Waals surface area contributed by atoms with Crippen LogP contribution in [0.25, 0.3) is 0 Å². The Labute approximate surface area is 198 Å². The quantitative estimate of drug-likeness (QED) is 0.490. The van der Waals surface area contributed by atoms with Crippen LogP contribution in [0.3, 0.4) is 0 Å². The zero-order chi connectivity index (χ0) is 23.4. The first-order chi connectivity index (χ1) is 15.9. The second-order valence-corrected chi connectivity index (χ2v) is 10.8. The number of benzene rings is 2. The lowest BCUT2D eigenvalue weighted by atomic mass is 10.0. The second-order valence-electron chi connectivity index (χ2n) is 7.74. The van der Waals surface area contributed by atoms with Gasteiger partial charge in [0.15, 0.2) is 0 Å². The molecule has 0 fully saturated rings. The summed E-state index contributed by atoms with van der Waals surface area (Å²) < 4.78 is 39.4. The minimum absolute atomic E-state index is 0.0226. The highest BCUT2D eigenvalue weighted by Crippen LogP contribution is 2.37. The fourth-order valence-electron chi connectivity index (χ4n) is 3.98. The van der Waals surface area contributed by atoms with E-state index in [1.807, 2.05) is 54.6 Å². The van der Waals surface area contributed by atoms with E-state index in [1.165, 1.54) is 7.11 Å². The molecule has 0 unspecified atom stereocenters. The molecule has 0 saturated heterocycles. The average molecular weight is 487 g/mol. The summed E-state index contributed by atoms with van der Waals surface area (Å²) in [6.45, 7) is 2.06. The van der Waals surface area contributed by atoms with Crippen LogP contribution >= 0.6 is 11.3 Å². The van der Waals surface area contributed by atoms with Crippen LogP contribution in [0.4, 0.5) is 0 Å². The molecule has 0 radical (unpaired) electrons. The summed E-state index contributed by atoms with van der Waals surface area (Å²) in [7, 11) is -0.974. The number of para-hydroxylation sites is 1. The summed E-state index contributed by atoms with van der Waals surface area (Å²) in [4.78, 5) is 15.7. The van der Waals surface area contributed by atoms with E-state index in [9.17, 15) is 13.2 Å². The number of hydrogen-bond acceptors (Lipinski definition) is 7. The molecule has 9 heteroatoms. The molecule has 1 aromatic heterocycles. The molecule has 1 aliphatic rings. The standard InChI is InChI=1S/C24H26N2O5S2/c1-30-20-11-7-6-10-18(20)15-26-13-12-19-21(16-26)32-24(22(19)23(27)31-2)33(28,29)25-14-17-8-4-3-5-9-17/h3-11,25H,12-16H2,1-2H3. The van der Waals surface area contributed by atoms with E-state index in [0.29, 0.717) is 26.1 Å². The summed E-state index contributed by atoms with van der Waals surface area (Å²) in [5, 5.41) is 0. The molecule has 2 heterocycles. The Morgan fingerprint density at radius 1 is 1.09 bits per heavy atom. The van der Waals surface area contributed by atoms with E-state index in [-0.39, 0.29) is 16.3 Å². The third-order valence-electron chi connectivity index (χ3n) is 5.63. The fourth-order valence-corrected chi connectivity index (χ4v) is 6.97. The van der Waals surface area contributed by atoms with Gasteiger partial charge in [-0.2, -0.15) is 0 Å². The maximum absolute atomic E-state index is 13.2. The molecule has 3 aromatic rings. The molecule has 2 aromatic carbocycles. The van der Waals surface area contributed by atoms with Crippen molar-refractivity contribution in [2.75, 3.05) is 20.8 Å². The Morgan fingerprint density at radius 3 is 2.55 bits per heavy atom. The van der Waals surface area contributed by atoms with E-state index >= 15 is 0 Å². The van der Waals surface area contributed by atoms with Gasteiger partial charge in [0.2, 0.25) is 0 Å². The van der Waals surface area contributed by atoms with Crippen LogP contribution in [0.15, 0.2) is 58.8 Å². The van der Waals surface area contributed by atoms with Gasteiger partial charge in [-0.15, -0.1) is 11.3 Å². The highest BCUT2D eigenvalue weighted by Gasteiger charge is 2.34. The molecule has 0 bridgehead atoms. The minimum Gasteiger partial charge on any atom is -0.496 e. The Balaban J connectivity index is 1.60. The van der Waals surface area contributed by atoms with E-state index in [2.05, 4.69) is 9.62 Å². The van der Waals surface area contributed by atoms with Crippen molar-refractivity contribution in [2.24, 2.45) is 0 Å². The van der Waals surface area contributed by atoms with Crippen molar-refractivity contribution in [1.82, 2.24) is 9.62 Å². The maximum atomic E-state index is 13.2. The van der Waals surface area contributed by atoms with Crippen LogP contribution in [0.2, 0.25) is 0 Å². The number of carbonyl (C=O) groups is 1. The van der Waals surface area contributed by atoms with E-state index in [4.69, 9.17) is 9.47 Å². The second kappa shape index (κ2) is 10.0. The maximum Gasteiger partial charge on any atom is 0.340 e. The van der Waals surface area contributed by atoms with Crippen molar-refractivity contribution in [3.63, 3.8) is 0 Å². The van der Waals surface area contributed by atoms with E-state index in [0.717, 1.165) is 38.7 Å². The summed E-state index contributed by atoms with van der Waals surface area (Å²) in [5.41, 5.74) is 2.83. The Hall–Kier alpha value is -2.72. The number of carbonyl (C=O) groups excluding carboxylic acids is 1. The van der Waals surface area contributed by atoms with Gasteiger partial charge in [0.05, 0.1) is 19.8 Å². The largest absolute Gasteiger partial charge is 0.496 e. The van der Waals surface area contributed by atoms with E-state index < -0.39 is 16.0 Å². The van der Waals surface area contributed by atoms with Crippen molar-refractivity contribution in [3.8, 4) is 5.75 Å². The van der Waals surface area contributed by atoms with Gasteiger partial charge in [0.1, 0.15) is 9.96 Å². The van der Waals surface area contributed by atoms with Gasteiger partial charge in [0.25, 0.3) is 10.0 Å². The van der Waals surface area contributed by atoms with Crippen molar-refractivity contribution in [3.05, 3.63) is 81.7 Å². The molecule has 0 saturated carbocycles. The molecule has 7 nitrogen and oxygen atoms in total. The van der Waals surface area contributed by atoms with Crippen LogP contribution in [0.5, 0.6) is 5.75 Å². The lowest BCUT2D eigenvalue weighted by Gasteiger charge is -2.27. The number of sulfonamides is 1. The third kappa shape index (κ3) is 5.11. The Bertz CT molecular complexity index is 1240. The number of esters is 1. The van der Waals surface area contributed by atoms with Crippen LogP contribution < -0.4 is 9.46 Å². The molecule has 1 aliphatic heterocycles. The van der Waals surface area contributed by atoms with Crippen LogP contribution in [0, 0.1) is 0 Å². The zero-order valence-electron chi connectivity index (χ0n) is 18.5. The molecular formula is C24H26N2O5S2. The first-order valence-electron chi connectivity index (χ1n) is 10.5. The number of nitrogens with one attached hydrogen (secondary N) is 1. The summed E-state index contributed by atoms with van der Waals surface area (Å²) in [5.74, 6) is 0.198. The first-order valence-corrected chi connectivity index (χ1v) is 12.8. The Morgan fingerprint density at radius 2 is 1.82 bits per heavy atom. The van der Waals surface area contributed by atoms with Crippen LogP contribution in [-0.2, 0) is 40.8 Å².